The molecule has 0 heterocycles. The third-order valence-electron chi connectivity index (χ3n) is 6.98. The van der Waals surface area contributed by atoms with Crippen molar-refractivity contribution in [2.75, 3.05) is 6.61 Å². The fraction of sp³-hybridized carbons (Fsp3) is 0.421. The summed E-state index contributed by atoms with van der Waals surface area (Å²) in [6, 6.07) is 26.2. The van der Waals surface area contributed by atoms with Crippen LogP contribution in [0.15, 0.2) is 78.9 Å². The Labute approximate surface area is 238 Å². The zero-order chi connectivity index (χ0) is 27.2. The zero-order valence-electron chi connectivity index (χ0n) is 24.0. The summed E-state index contributed by atoms with van der Waals surface area (Å²) < 4.78 is 5.94. The van der Waals surface area contributed by atoms with Crippen LogP contribution in [0.3, 0.4) is 0 Å². The lowest BCUT2D eigenvalue weighted by Gasteiger charge is -2.06. The van der Waals surface area contributed by atoms with Gasteiger partial charge in [0.15, 0.2) is 0 Å². The lowest BCUT2D eigenvalue weighted by Crippen LogP contribution is -1.97. The first-order valence-corrected chi connectivity index (χ1v) is 15.3. The molecule has 204 valence electrons. The third-order valence-corrected chi connectivity index (χ3v) is 6.98. The highest BCUT2D eigenvalue weighted by atomic mass is 16.5. The maximum atomic E-state index is 5.94. The molecule has 0 N–H and O–H groups in total. The van der Waals surface area contributed by atoms with Gasteiger partial charge in [-0.15, -0.1) is 0 Å². The second-order valence-electron chi connectivity index (χ2n) is 10.4. The summed E-state index contributed by atoms with van der Waals surface area (Å²) in [4.78, 5) is 0. The zero-order valence-corrected chi connectivity index (χ0v) is 24.0. The summed E-state index contributed by atoms with van der Waals surface area (Å²) in [5.74, 6) is 13.8. The van der Waals surface area contributed by atoms with E-state index in [1.54, 1.807) is 0 Å². The van der Waals surface area contributed by atoms with Crippen LogP contribution in [0.1, 0.15) is 119 Å². The lowest BCUT2D eigenvalue weighted by atomic mass is 10.0. The Morgan fingerprint density at radius 3 is 1.21 bits per heavy atom. The van der Waals surface area contributed by atoms with Crippen LogP contribution in [-0.2, 0) is 0 Å². The molecular weight excluding hydrogens is 472 g/mol. The molecule has 0 bridgehead atoms. The predicted molar refractivity (Wildman–Crippen MR) is 167 cm³/mol. The van der Waals surface area contributed by atoms with E-state index in [1.165, 1.54) is 83.5 Å². The standard InChI is InChI=1S/C38H46O/c1-2-3-4-5-6-7-8-9-10-11-12-13-14-18-33-39-38-31-29-37(30-32-38)28-27-36-25-23-35(24-26-36)22-21-34-19-16-15-17-20-34/h15-17,19-20,23-26,29-32H,2-14,18,33H2,1H3. The fourth-order valence-corrected chi connectivity index (χ4v) is 4.57. The summed E-state index contributed by atoms with van der Waals surface area (Å²) in [5.41, 5.74) is 3.99. The van der Waals surface area contributed by atoms with Gasteiger partial charge < -0.3 is 4.74 Å². The van der Waals surface area contributed by atoms with Gasteiger partial charge >= 0.3 is 0 Å². The normalized spacial score (nSPS) is 10.3. The van der Waals surface area contributed by atoms with Crippen molar-refractivity contribution in [3.8, 4) is 29.4 Å². The highest BCUT2D eigenvalue weighted by Gasteiger charge is 1.97. The Morgan fingerprint density at radius 2 is 0.769 bits per heavy atom. The van der Waals surface area contributed by atoms with E-state index in [1.807, 2.05) is 78.9 Å². The monoisotopic (exact) mass is 518 g/mol. The first kappa shape index (κ1) is 30.1. The molecule has 0 aliphatic heterocycles. The minimum atomic E-state index is 0.794. The van der Waals surface area contributed by atoms with Crippen LogP contribution in [0.5, 0.6) is 5.75 Å². The van der Waals surface area contributed by atoms with Crippen LogP contribution in [0.25, 0.3) is 0 Å². The molecule has 0 aliphatic carbocycles. The van der Waals surface area contributed by atoms with Gasteiger partial charge in [-0.05, 0) is 67.1 Å². The van der Waals surface area contributed by atoms with Crippen molar-refractivity contribution in [3.05, 3.63) is 101 Å². The molecular formula is C38H46O. The molecule has 3 aromatic rings. The molecule has 3 rings (SSSR count). The van der Waals surface area contributed by atoms with Crippen LogP contribution in [0.4, 0.5) is 0 Å². The maximum absolute atomic E-state index is 5.94. The average molecular weight is 519 g/mol. The van der Waals surface area contributed by atoms with Gasteiger partial charge in [-0.1, -0.05) is 132 Å². The number of hydrogen-bond acceptors (Lipinski definition) is 1. The first-order chi connectivity index (χ1) is 19.3. The molecule has 0 radical (unpaired) electrons. The molecule has 0 saturated heterocycles. The van der Waals surface area contributed by atoms with Gasteiger partial charge in [-0.2, -0.15) is 0 Å². The van der Waals surface area contributed by atoms with Crippen LogP contribution in [0.2, 0.25) is 0 Å². The highest BCUT2D eigenvalue weighted by molar-refractivity contribution is 5.48. The van der Waals surface area contributed by atoms with Crippen molar-refractivity contribution in [2.45, 2.75) is 96.8 Å². The first-order valence-electron chi connectivity index (χ1n) is 15.3. The van der Waals surface area contributed by atoms with Crippen molar-refractivity contribution in [3.63, 3.8) is 0 Å². The lowest BCUT2D eigenvalue weighted by molar-refractivity contribution is 0.304. The van der Waals surface area contributed by atoms with Crippen molar-refractivity contribution >= 4 is 0 Å². The predicted octanol–water partition coefficient (Wildman–Crippen LogP) is 10.3. The Morgan fingerprint density at radius 1 is 0.410 bits per heavy atom. The second kappa shape index (κ2) is 19.6. The van der Waals surface area contributed by atoms with Gasteiger partial charge in [0, 0.05) is 22.3 Å². The van der Waals surface area contributed by atoms with Crippen LogP contribution < -0.4 is 4.74 Å². The largest absolute Gasteiger partial charge is 0.494 e. The molecule has 39 heavy (non-hydrogen) atoms. The van der Waals surface area contributed by atoms with E-state index < -0.39 is 0 Å². The molecule has 0 aliphatic rings. The second-order valence-corrected chi connectivity index (χ2v) is 10.4. The van der Waals surface area contributed by atoms with Gasteiger partial charge in [0.25, 0.3) is 0 Å². The minimum absolute atomic E-state index is 0.794. The third kappa shape index (κ3) is 13.8. The van der Waals surface area contributed by atoms with E-state index >= 15 is 0 Å². The molecule has 0 unspecified atom stereocenters. The molecule has 1 heteroatoms. The Kier molecular flexibility index (Phi) is 15.2. The quantitative estimate of drug-likeness (QED) is 0.135. The van der Waals surface area contributed by atoms with E-state index in [-0.39, 0.29) is 0 Å². The molecule has 0 aromatic heterocycles. The van der Waals surface area contributed by atoms with Gasteiger partial charge in [-0.3, -0.25) is 0 Å². The van der Waals surface area contributed by atoms with Gasteiger partial charge in [0.1, 0.15) is 5.75 Å². The van der Waals surface area contributed by atoms with E-state index in [0.29, 0.717) is 0 Å². The maximum Gasteiger partial charge on any atom is 0.119 e. The molecule has 0 fully saturated rings. The smallest absolute Gasteiger partial charge is 0.119 e. The topological polar surface area (TPSA) is 9.23 Å². The minimum Gasteiger partial charge on any atom is -0.494 e. The highest BCUT2D eigenvalue weighted by Crippen LogP contribution is 2.15. The molecule has 0 atom stereocenters. The van der Waals surface area contributed by atoms with Crippen LogP contribution in [-0.4, -0.2) is 6.61 Å². The number of hydrogen-bond donors (Lipinski definition) is 0. The summed E-state index contributed by atoms with van der Waals surface area (Å²) in [6.07, 6.45) is 19.3. The van der Waals surface area contributed by atoms with Crippen LogP contribution >= 0.6 is 0 Å². The Bertz CT molecular complexity index is 1150. The van der Waals surface area contributed by atoms with Crippen molar-refractivity contribution < 1.29 is 4.74 Å². The Balaban J connectivity index is 1.23. The average Bonchev–Trinajstić information content (AvgIpc) is 2.98. The summed E-state index contributed by atoms with van der Waals surface area (Å²) in [5, 5.41) is 0. The van der Waals surface area contributed by atoms with E-state index in [2.05, 4.69) is 30.6 Å². The molecule has 1 nitrogen and oxygen atoms in total. The molecule has 3 aromatic carbocycles. The summed E-state index contributed by atoms with van der Waals surface area (Å²) in [6.45, 7) is 3.08. The van der Waals surface area contributed by atoms with Crippen LogP contribution in [0, 0.1) is 23.7 Å². The number of ether oxygens (including phenoxy) is 1. The van der Waals surface area contributed by atoms with Gasteiger partial charge in [0.2, 0.25) is 0 Å². The van der Waals surface area contributed by atoms with E-state index in [4.69, 9.17) is 4.74 Å². The van der Waals surface area contributed by atoms with Gasteiger partial charge in [0.05, 0.1) is 6.61 Å². The molecule has 0 amide bonds. The van der Waals surface area contributed by atoms with E-state index in [9.17, 15) is 0 Å². The SMILES string of the molecule is CCCCCCCCCCCCCCCCOc1ccc(C#Cc2ccc(C#Cc3ccccc3)cc2)cc1. The van der Waals surface area contributed by atoms with E-state index in [0.717, 1.165) is 41.0 Å². The molecule has 0 spiro atoms. The fourth-order valence-electron chi connectivity index (χ4n) is 4.57. The number of rotatable bonds is 16. The molecule has 0 saturated carbocycles. The number of unbranched alkanes of at least 4 members (excludes halogenated alkanes) is 13. The van der Waals surface area contributed by atoms with Crippen molar-refractivity contribution in [2.24, 2.45) is 0 Å². The Hall–Kier alpha value is -3.42. The van der Waals surface area contributed by atoms with Gasteiger partial charge in [-0.25, -0.2) is 0 Å². The summed E-state index contributed by atoms with van der Waals surface area (Å²) in [7, 11) is 0. The van der Waals surface area contributed by atoms with Crippen molar-refractivity contribution in [1.29, 1.82) is 0 Å². The number of benzene rings is 3. The van der Waals surface area contributed by atoms with Crippen molar-refractivity contribution in [1.82, 2.24) is 0 Å². The summed E-state index contributed by atoms with van der Waals surface area (Å²) >= 11 is 0.